The summed E-state index contributed by atoms with van der Waals surface area (Å²) in [6.07, 6.45) is 3.55. The van der Waals surface area contributed by atoms with E-state index in [-0.39, 0.29) is 5.02 Å². The zero-order valence-corrected chi connectivity index (χ0v) is 11.0. The van der Waals surface area contributed by atoms with Crippen LogP contribution in [0.1, 0.15) is 5.56 Å². The Morgan fingerprint density at radius 3 is 2.95 bits per heavy atom. The highest BCUT2D eigenvalue weighted by atomic mass is 35.5. The van der Waals surface area contributed by atoms with Crippen LogP contribution in [0.4, 0.5) is 4.39 Å². The standard InChI is InChI=1S/C14H14ClFN2O/c15-13-8-12(3-4-14(13)16)19-7-6-18-10-11-2-1-5-17-9-11/h1-5,8-9,18H,6-7,10H2. The van der Waals surface area contributed by atoms with E-state index in [9.17, 15) is 4.39 Å². The van der Waals surface area contributed by atoms with Crippen LogP contribution in [-0.4, -0.2) is 18.1 Å². The molecule has 0 bridgehead atoms. The highest BCUT2D eigenvalue weighted by Gasteiger charge is 2.01. The molecule has 0 saturated carbocycles. The van der Waals surface area contributed by atoms with E-state index in [0.29, 0.717) is 18.9 Å². The monoisotopic (exact) mass is 280 g/mol. The molecule has 1 aromatic heterocycles. The van der Waals surface area contributed by atoms with Crippen molar-refractivity contribution in [2.75, 3.05) is 13.2 Å². The summed E-state index contributed by atoms with van der Waals surface area (Å²) >= 11 is 5.66. The minimum atomic E-state index is -0.441. The van der Waals surface area contributed by atoms with Crippen LogP contribution in [0.2, 0.25) is 5.02 Å². The van der Waals surface area contributed by atoms with E-state index >= 15 is 0 Å². The Morgan fingerprint density at radius 1 is 1.32 bits per heavy atom. The minimum absolute atomic E-state index is 0.0702. The quantitative estimate of drug-likeness (QED) is 0.826. The molecule has 0 atom stereocenters. The predicted octanol–water partition coefficient (Wildman–Crippen LogP) is 3.04. The Bertz CT molecular complexity index is 522. The number of pyridine rings is 1. The van der Waals surface area contributed by atoms with Gasteiger partial charge in [-0.05, 0) is 23.8 Å². The molecule has 0 aliphatic rings. The second-order valence-electron chi connectivity index (χ2n) is 3.96. The van der Waals surface area contributed by atoms with Crippen molar-refractivity contribution in [2.24, 2.45) is 0 Å². The molecule has 1 N–H and O–H groups in total. The fourth-order valence-corrected chi connectivity index (χ4v) is 1.71. The molecule has 2 rings (SSSR count). The molecule has 0 radical (unpaired) electrons. The molecule has 0 unspecified atom stereocenters. The summed E-state index contributed by atoms with van der Waals surface area (Å²) in [7, 11) is 0. The molecular weight excluding hydrogens is 267 g/mol. The van der Waals surface area contributed by atoms with Crippen molar-refractivity contribution in [3.05, 3.63) is 59.1 Å². The van der Waals surface area contributed by atoms with Crippen LogP contribution >= 0.6 is 11.6 Å². The number of aromatic nitrogens is 1. The molecule has 3 nitrogen and oxygen atoms in total. The summed E-state index contributed by atoms with van der Waals surface area (Å²) in [6, 6.07) is 8.22. The second kappa shape index (κ2) is 7.07. The lowest BCUT2D eigenvalue weighted by atomic mass is 10.3. The van der Waals surface area contributed by atoms with Crippen molar-refractivity contribution < 1.29 is 9.13 Å². The third-order valence-electron chi connectivity index (χ3n) is 2.49. The number of hydrogen-bond acceptors (Lipinski definition) is 3. The first-order chi connectivity index (χ1) is 9.25. The van der Waals surface area contributed by atoms with Gasteiger partial charge < -0.3 is 10.1 Å². The van der Waals surface area contributed by atoms with Gasteiger partial charge in [-0.1, -0.05) is 17.7 Å². The SMILES string of the molecule is Fc1ccc(OCCNCc2cccnc2)cc1Cl. The van der Waals surface area contributed by atoms with Crippen LogP contribution in [-0.2, 0) is 6.54 Å². The fraction of sp³-hybridized carbons (Fsp3) is 0.214. The van der Waals surface area contributed by atoms with Crippen molar-refractivity contribution in [1.29, 1.82) is 0 Å². The Kier molecular flexibility index (Phi) is 5.12. The van der Waals surface area contributed by atoms with Gasteiger partial charge in [0.2, 0.25) is 0 Å². The van der Waals surface area contributed by atoms with E-state index in [4.69, 9.17) is 16.3 Å². The van der Waals surface area contributed by atoms with Crippen molar-refractivity contribution >= 4 is 11.6 Å². The summed E-state index contributed by atoms with van der Waals surface area (Å²) < 4.78 is 18.4. The number of hydrogen-bond donors (Lipinski definition) is 1. The van der Waals surface area contributed by atoms with Crippen LogP contribution in [0.25, 0.3) is 0 Å². The van der Waals surface area contributed by atoms with Gasteiger partial charge in [0.25, 0.3) is 0 Å². The minimum Gasteiger partial charge on any atom is -0.492 e. The number of benzene rings is 1. The molecule has 0 amide bonds. The lowest BCUT2D eigenvalue weighted by molar-refractivity contribution is 0.313. The van der Waals surface area contributed by atoms with Crippen molar-refractivity contribution in [3.8, 4) is 5.75 Å². The average molecular weight is 281 g/mol. The first kappa shape index (κ1) is 13.8. The topological polar surface area (TPSA) is 34.1 Å². The Hall–Kier alpha value is -1.65. The highest BCUT2D eigenvalue weighted by molar-refractivity contribution is 6.30. The first-order valence-corrected chi connectivity index (χ1v) is 6.31. The predicted molar refractivity (Wildman–Crippen MR) is 72.8 cm³/mol. The van der Waals surface area contributed by atoms with Gasteiger partial charge in [0.1, 0.15) is 18.2 Å². The fourth-order valence-electron chi connectivity index (χ4n) is 1.54. The van der Waals surface area contributed by atoms with Gasteiger partial charge in [0, 0.05) is 31.5 Å². The first-order valence-electron chi connectivity index (χ1n) is 5.93. The molecule has 5 heteroatoms. The smallest absolute Gasteiger partial charge is 0.142 e. The molecular formula is C14H14ClFN2O. The highest BCUT2D eigenvalue weighted by Crippen LogP contribution is 2.20. The largest absolute Gasteiger partial charge is 0.492 e. The molecule has 100 valence electrons. The average Bonchev–Trinajstić information content (AvgIpc) is 2.43. The molecule has 1 heterocycles. The van der Waals surface area contributed by atoms with Crippen LogP contribution in [0, 0.1) is 5.82 Å². The number of nitrogens with one attached hydrogen (secondary N) is 1. The summed E-state index contributed by atoms with van der Waals surface area (Å²) in [6.45, 7) is 1.91. The molecule has 0 aliphatic heterocycles. The van der Waals surface area contributed by atoms with Gasteiger partial charge in [-0.2, -0.15) is 0 Å². The lowest BCUT2D eigenvalue weighted by Crippen LogP contribution is -2.20. The summed E-state index contributed by atoms with van der Waals surface area (Å²) in [5.74, 6) is 0.123. The number of rotatable bonds is 6. The van der Waals surface area contributed by atoms with Crippen molar-refractivity contribution in [3.63, 3.8) is 0 Å². The zero-order valence-electron chi connectivity index (χ0n) is 10.3. The Balaban J connectivity index is 1.68. The zero-order chi connectivity index (χ0) is 13.5. The molecule has 0 saturated heterocycles. The lowest BCUT2D eigenvalue weighted by Gasteiger charge is -2.08. The maximum atomic E-state index is 12.9. The van der Waals surface area contributed by atoms with Crippen molar-refractivity contribution in [1.82, 2.24) is 10.3 Å². The van der Waals surface area contributed by atoms with Gasteiger partial charge in [0.15, 0.2) is 0 Å². The van der Waals surface area contributed by atoms with Crippen LogP contribution in [0.5, 0.6) is 5.75 Å². The third kappa shape index (κ3) is 4.50. The van der Waals surface area contributed by atoms with E-state index in [0.717, 1.165) is 12.1 Å². The molecule has 0 fully saturated rings. The maximum Gasteiger partial charge on any atom is 0.142 e. The van der Waals surface area contributed by atoms with Crippen LogP contribution in [0.15, 0.2) is 42.7 Å². The van der Waals surface area contributed by atoms with Gasteiger partial charge in [-0.25, -0.2) is 4.39 Å². The third-order valence-corrected chi connectivity index (χ3v) is 2.78. The summed E-state index contributed by atoms with van der Waals surface area (Å²) in [5.41, 5.74) is 1.12. The van der Waals surface area contributed by atoms with E-state index in [2.05, 4.69) is 10.3 Å². The summed E-state index contributed by atoms with van der Waals surface area (Å²) in [5, 5.41) is 3.30. The van der Waals surface area contributed by atoms with E-state index in [1.54, 1.807) is 12.3 Å². The number of halogens is 2. The van der Waals surface area contributed by atoms with Gasteiger partial charge >= 0.3 is 0 Å². The molecule has 0 aliphatic carbocycles. The number of ether oxygens (including phenoxy) is 1. The molecule has 0 spiro atoms. The number of nitrogens with zero attached hydrogens (tertiary/aromatic N) is 1. The van der Waals surface area contributed by atoms with Gasteiger partial charge in [-0.15, -0.1) is 0 Å². The second-order valence-corrected chi connectivity index (χ2v) is 4.37. The summed E-state index contributed by atoms with van der Waals surface area (Å²) in [4.78, 5) is 4.03. The van der Waals surface area contributed by atoms with E-state index in [1.807, 2.05) is 18.3 Å². The van der Waals surface area contributed by atoms with Crippen molar-refractivity contribution in [2.45, 2.75) is 6.54 Å². The van der Waals surface area contributed by atoms with Gasteiger partial charge in [-0.3, -0.25) is 4.98 Å². The van der Waals surface area contributed by atoms with Crippen LogP contribution < -0.4 is 10.1 Å². The molecule has 19 heavy (non-hydrogen) atoms. The molecule has 2 aromatic rings. The Labute approximate surface area is 116 Å². The van der Waals surface area contributed by atoms with E-state index < -0.39 is 5.82 Å². The van der Waals surface area contributed by atoms with Gasteiger partial charge in [0.05, 0.1) is 5.02 Å². The molecule has 1 aromatic carbocycles. The Morgan fingerprint density at radius 2 is 2.21 bits per heavy atom. The van der Waals surface area contributed by atoms with E-state index in [1.165, 1.54) is 12.1 Å². The van der Waals surface area contributed by atoms with Crippen LogP contribution in [0.3, 0.4) is 0 Å². The maximum absolute atomic E-state index is 12.9. The normalized spacial score (nSPS) is 10.4.